The summed E-state index contributed by atoms with van der Waals surface area (Å²) >= 11 is 0. The fourth-order valence-corrected chi connectivity index (χ4v) is 3.64. The third-order valence-corrected chi connectivity index (χ3v) is 5.10. The van der Waals surface area contributed by atoms with Gasteiger partial charge in [0.1, 0.15) is 12.1 Å². The zero-order chi connectivity index (χ0) is 21.3. The molecule has 4 rings (SSSR count). The van der Waals surface area contributed by atoms with Gasteiger partial charge < -0.3 is 9.84 Å². The Morgan fingerprint density at radius 3 is 2.43 bits per heavy atom. The monoisotopic (exact) mass is 405 g/mol. The van der Waals surface area contributed by atoms with Crippen LogP contribution in [-0.2, 0) is 4.74 Å². The van der Waals surface area contributed by atoms with Crippen molar-refractivity contribution >= 4 is 0 Å². The normalized spacial score (nSPS) is 15.5. The quantitative estimate of drug-likeness (QED) is 0.574. The molecule has 1 aliphatic heterocycles. The first-order chi connectivity index (χ1) is 14.6. The van der Waals surface area contributed by atoms with E-state index in [2.05, 4.69) is 27.9 Å². The number of rotatable bonds is 5. The summed E-state index contributed by atoms with van der Waals surface area (Å²) in [7, 11) is 0. The molecule has 1 N–H and O–H groups in total. The number of hydrogen-bond donors (Lipinski definition) is 1. The lowest BCUT2D eigenvalue weighted by Crippen LogP contribution is -2.03. The van der Waals surface area contributed by atoms with E-state index in [-0.39, 0.29) is 5.75 Å². The van der Waals surface area contributed by atoms with Crippen LogP contribution >= 0.6 is 0 Å². The third kappa shape index (κ3) is 6.10. The fourth-order valence-electron chi connectivity index (χ4n) is 3.64. The lowest BCUT2D eigenvalue weighted by molar-refractivity contribution is 0.102. The molecule has 1 saturated heterocycles. The molecule has 0 amide bonds. The first kappa shape index (κ1) is 21.9. The molecule has 0 aliphatic carbocycles. The maximum Gasteiger partial charge on any atom is 0.167 e. The van der Waals surface area contributed by atoms with Crippen molar-refractivity contribution in [3.63, 3.8) is 0 Å². The van der Waals surface area contributed by atoms with Gasteiger partial charge in [0.2, 0.25) is 0 Å². The van der Waals surface area contributed by atoms with E-state index in [1.807, 2.05) is 32.0 Å². The van der Waals surface area contributed by atoms with Crippen LogP contribution in [0.3, 0.4) is 0 Å². The summed E-state index contributed by atoms with van der Waals surface area (Å²) in [6, 6.07) is 13.2. The number of para-hydroxylation sites is 1. The highest BCUT2D eigenvalue weighted by Gasteiger charge is 2.13. The highest BCUT2D eigenvalue weighted by atomic mass is 16.5. The van der Waals surface area contributed by atoms with Crippen molar-refractivity contribution in [3.8, 4) is 28.5 Å². The van der Waals surface area contributed by atoms with E-state index >= 15 is 0 Å². The summed E-state index contributed by atoms with van der Waals surface area (Å²) in [5, 5.41) is 9.91. The van der Waals surface area contributed by atoms with Gasteiger partial charge in [-0.3, -0.25) is 0 Å². The van der Waals surface area contributed by atoms with E-state index < -0.39 is 0 Å². The molecule has 3 aromatic rings. The van der Waals surface area contributed by atoms with Crippen LogP contribution in [0.4, 0.5) is 0 Å². The molecular formula is C25H31N3O2. The molecule has 0 saturated carbocycles. The van der Waals surface area contributed by atoms with E-state index in [1.54, 1.807) is 18.2 Å². The predicted molar refractivity (Wildman–Crippen MR) is 120 cm³/mol. The zero-order valence-corrected chi connectivity index (χ0v) is 18.1. The van der Waals surface area contributed by atoms with Crippen LogP contribution in [0.5, 0.6) is 5.75 Å². The smallest absolute Gasteiger partial charge is 0.167 e. The second-order valence-corrected chi connectivity index (χ2v) is 7.80. The molecule has 1 atom stereocenters. The number of aromatic hydroxyl groups is 1. The van der Waals surface area contributed by atoms with E-state index in [4.69, 9.17) is 4.74 Å². The molecule has 1 unspecified atom stereocenters. The lowest BCUT2D eigenvalue weighted by atomic mass is 10.1. The van der Waals surface area contributed by atoms with Crippen LogP contribution in [0.2, 0.25) is 0 Å². The number of phenolic OH excluding ortho intramolecular Hbond substituents is 1. The molecule has 30 heavy (non-hydrogen) atoms. The van der Waals surface area contributed by atoms with Gasteiger partial charge in [-0.2, -0.15) is 0 Å². The summed E-state index contributed by atoms with van der Waals surface area (Å²) < 4.78 is 5.46. The summed E-state index contributed by atoms with van der Waals surface area (Å²) in [5.74, 6) is 1.24. The number of ether oxygens (including phenoxy) is 1. The van der Waals surface area contributed by atoms with Gasteiger partial charge in [-0.05, 0) is 57.4 Å². The number of aryl methyl sites for hydroxylation is 2. The van der Waals surface area contributed by atoms with Gasteiger partial charge in [0.25, 0.3) is 0 Å². The molecule has 1 aliphatic rings. The maximum absolute atomic E-state index is 9.91. The standard InChI is InChI=1S/C17H15N3O.C8H16O/c1-11-7-12(2)9-13(8-11)16-18-10-19-17(20-16)14-5-3-4-6-15(14)21;1-2-3-5-8-6-4-7-9-8/h3-10,21H,1-2H3;8H,2-7H2,1H3. The van der Waals surface area contributed by atoms with Crippen molar-refractivity contribution in [2.45, 2.75) is 59.0 Å². The average Bonchev–Trinajstić information content (AvgIpc) is 3.26. The second kappa shape index (κ2) is 10.8. The van der Waals surface area contributed by atoms with Crippen molar-refractivity contribution in [2.75, 3.05) is 6.61 Å². The van der Waals surface area contributed by atoms with Crippen LogP contribution in [0.25, 0.3) is 22.8 Å². The van der Waals surface area contributed by atoms with E-state index in [0.29, 0.717) is 23.3 Å². The number of nitrogens with zero attached hydrogens (tertiary/aromatic N) is 3. The third-order valence-electron chi connectivity index (χ3n) is 5.10. The van der Waals surface area contributed by atoms with Gasteiger partial charge in [-0.25, -0.2) is 15.0 Å². The molecule has 1 aromatic heterocycles. The molecule has 0 bridgehead atoms. The molecule has 5 nitrogen and oxygen atoms in total. The van der Waals surface area contributed by atoms with Crippen molar-refractivity contribution in [3.05, 3.63) is 59.9 Å². The van der Waals surface area contributed by atoms with Crippen LogP contribution in [0.15, 0.2) is 48.8 Å². The van der Waals surface area contributed by atoms with Crippen molar-refractivity contribution in [1.82, 2.24) is 15.0 Å². The van der Waals surface area contributed by atoms with Crippen LogP contribution in [0.1, 0.15) is 50.2 Å². The van der Waals surface area contributed by atoms with Crippen molar-refractivity contribution < 1.29 is 9.84 Å². The maximum atomic E-state index is 9.91. The van der Waals surface area contributed by atoms with Crippen molar-refractivity contribution in [1.29, 1.82) is 0 Å². The number of hydrogen-bond acceptors (Lipinski definition) is 5. The number of aromatic nitrogens is 3. The average molecular weight is 406 g/mol. The topological polar surface area (TPSA) is 68.1 Å². The Bertz CT molecular complexity index is 932. The fraction of sp³-hybridized carbons (Fsp3) is 0.400. The Balaban J connectivity index is 0.000000239. The van der Waals surface area contributed by atoms with Crippen LogP contribution in [0, 0.1) is 13.8 Å². The number of phenols is 1. The van der Waals surface area contributed by atoms with Gasteiger partial charge in [0, 0.05) is 12.2 Å². The van der Waals surface area contributed by atoms with Gasteiger partial charge in [-0.15, -0.1) is 0 Å². The van der Waals surface area contributed by atoms with Gasteiger partial charge in [0.15, 0.2) is 11.6 Å². The minimum Gasteiger partial charge on any atom is -0.507 e. The molecule has 0 radical (unpaired) electrons. The molecule has 2 aromatic carbocycles. The summed E-state index contributed by atoms with van der Waals surface area (Å²) in [4.78, 5) is 12.9. The first-order valence-corrected chi connectivity index (χ1v) is 10.7. The minimum atomic E-state index is 0.162. The molecule has 5 heteroatoms. The minimum absolute atomic E-state index is 0.162. The Kier molecular flexibility index (Phi) is 7.91. The lowest BCUT2D eigenvalue weighted by Gasteiger charge is -2.06. The summed E-state index contributed by atoms with van der Waals surface area (Å²) in [6.07, 6.45) is 8.61. The van der Waals surface area contributed by atoms with E-state index in [0.717, 1.165) is 23.3 Å². The first-order valence-electron chi connectivity index (χ1n) is 10.7. The number of unbranched alkanes of at least 4 members (excludes halogenated alkanes) is 1. The zero-order valence-electron chi connectivity index (χ0n) is 18.1. The predicted octanol–water partition coefficient (Wildman–Crippen LogP) is 5.88. The highest BCUT2D eigenvalue weighted by Crippen LogP contribution is 2.27. The molecule has 158 valence electrons. The van der Waals surface area contributed by atoms with Crippen LogP contribution in [-0.4, -0.2) is 32.8 Å². The summed E-state index contributed by atoms with van der Waals surface area (Å²) in [6.45, 7) is 7.33. The Morgan fingerprint density at radius 1 is 1.03 bits per heavy atom. The molecule has 1 fully saturated rings. The summed E-state index contributed by atoms with van der Waals surface area (Å²) in [5.41, 5.74) is 3.88. The highest BCUT2D eigenvalue weighted by molar-refractivity contribution is 5.66. The Labute approximate surface area is 179 Å². The Hall–Kier alpha value is -2.79. The molecule has 0 spiro atoms. The van der Waals surface area contributed by atoms with Gasteiger partial charge in [-0.1, -0.05) is 49.1 Å². The van der Waals surface area contributed by atoms with Gasteiger partial charge in [0.05, 0.1) is 11.7 Å². The van der Waals surface area contributed by atoms with E-state index in [9.17, 15) is 5.11 Å². The largest absolute Gasteiger partial charge is 0.507 e. The van der Waals surface area contributed by atoms with Gasteiger partial charge >= 0.3 is 0 Å². The Morgan fingerprint density at radius 2 is 1.77 bits per heavy atom. The molecular weight excluding hydrogens is 374 g/mol. The molecule has 2 heterocycles. The second-order valence-electron chi connectivity index (χ2n) is 7.80. The van der Waals surface area contributed by atoms with E-state index in [1.165, 1.54) is 38.4 Å². The SMILES string of the molecule is CCCCC1CCCO1.Cc1cc(C)cc(-c2ncnc(-c3ccccc3O)n2)c1. The number of benzene rings is 2. The van der Waals surface area contributed by atoms with Crippen LogP contribution < -0.4 is 0 Å². The van der Waals surface area contributed by atoms with Crippen molar-refractivity contribution in [2.24, 2.45) is 0 Å².